The van der Waals surface area contributed by atoms with Crippen molar-refractivity contribution in [2.45, 2.75) is 89.1 Å². The van der Waals surface area contributed by atoms with Crippen LogP contribution in [0.2, 0.25) is 25.1 Å². The molecule has 20 nitrogen and oxygen atoms in total. The Morgan fingerprint density at radius 2 is 0.748 bits per heavy atom. The fraction of sp³-hybridized carbons (Fsp3) is 0.237. The summed E-state index contributed by atoms with van der Waals surface area (Å²) in [5, 5.41) is 7.01. The first-order valence-corrected chi connectivity index (χ1v) is 42.1. The Morgan fingerprint density at radius 1 is 0.407 bits per heavy atom. The highest BCUT2D eigenvalue weighted by Crippen LogP contribution is 2.46. The number of nitrogens with zero attached hydrogens (tertiary/aromatic N) is 4. The second-order valence-corrected chi connectivity index (χ2v) is 32.5. The quantitative estimate of drug-likeness (QED) is 0.0662. The van der Waals surface area contributed by atoms with Crippen LogP contribution < -0.4 is 18.9 Å². The van der Waals surface area contributed by atoms with Gasteiger partial charge in [0.25, 0.3) is 11.8 Å². The normalized spacial score (nSPS) is 15.9. The van der Waals surface area contributed by atoms with Crippen LogP contribution in [-0.2, 0) is 65.6 Å². The number of H-pyrrole nitrogens is 4. The van der Waals surface area contributed by atoms with Crippen molar-refractivity contribution in [1.29, 1.82) is 0 Å². The predicted molar refractivity (Wildman–Crippen MR) is 478 cm³/mol. The lowest BCUT2D eigenvalue weighted by atomic mass is 9.91. The van der Waals surface area contributed by atoms with Gasteiger partial charge in [0.2, 0.25) is 11.8 Å². The number of methoxy groups -OCH3 is 5. The molecule has 0 bridgehead atoms. The average molecular weight is 1750 g/mol. The molecule has 8 heterocycles. The molecule has 4 aromatic heterocycles. The minimum Gasteiger partial charge on any atom is -0.497 e. The summed E-state index contributed by atoms with van der Waals surface area (Å²) in [6.07, 6.45) is 2.56. The zero-order valence-electron chi connectivity index (χ0n) is 68.4. The van der Waals surface area contributed by atoms with Gasteiger partial charge in [0.1, 0.15) is 28.8 Å². The number of aromatic amines is 4. The maximum Gasteiger partial charge on any atom is 0.306 e. The number of hydrogen-bond donors (Lipinski definition) is 4. The first kappa shape index (κ1) is 85.7. The number of halogens is 6. The van der Waals surface area contributed by atoms with Crippen LogP contribution in [0.15, 0.2) is 218 Å². The molecule has 0 radical (unpaired) electrons. The summed E-state index contributed by atoms with van der Waals surface area (Å²) < 4.78 is 44.7. The number of aromatic nitrogens is 4. The Kier molecular flexibility index (Phi) is 26.2. The molecule has 4 amide bonds. The van der Waals surface area contributed by atoms with Crippen LogP contribution in [0.25, 0.3) is 43.6 Å². The maximum atomic E-state index is 13.7. The van der Waals surface area contributed by atoms with Gasteiger partial charge in [-0.25, -0.2) is 4.39 Å². The highest BCUT2D eigenvalue weighted by molar-refractivity contribution is 6.33. The van der Waals surface area contributed by atoms with E-state index in [1.165, 1.54) is 43.4 Å². The van der Waals surface area contributed by atoms with Gasteiger partial charge in [0.15, 0.2) is 6.10 Å². The van der Waals surface area contributed by atoms with Crippen molar-refractivity contribution in [1.82, 2.24) is 39.5 Å². The molecule has 0 fully saturated rings. The van der Waals surface area contributed by atoms with Crippen molar-refractivity contribution in [3.8, 4) is 23.0 Å². The summed E-state index contributed by atoms with van der Waals surface area (Å²) in [5.41, 5.74) is 17.9. The number of fused-ring (bicyclic) bond motifs is 12. The summed E-state index contributed by atoms with van der Waals surface area (Å²) >= 11 is 31.0. The van der Waals surface area contributed by atoms with Crippen molar-refractivity contribution < 1.29 is 61.6 Å². The van der Waals surface area contributed by atoms with Crippen LogP contribution in [0.5, 0.6) is 23.0 Å². The summed E-state index contributed by atoms with van der Waals surface area (Å²) in [6.45, 7) is 5.14. The van der Waals surface area contributed by atoms with Gasteiger partial charge in [0, 0.05) is 132 Å². The zero-order valence-corrected chi connectivity index (χ0v) is 72.2. The number of hydrogen-bond acceptors (Lipinski definition) is 12. The van der Waals surface area contributed by atoms with Gasteiger partial charge in [0.05, 0.1) is 77.6 Å². The number of carbonyl (C=O) groups is 6. The van der Waals surface area contributed by atoms with Gasteiger partial charge in [-0.05, 0) is 222 Å². The second kappa shape index (κ2) is 37.6. The van der Waals surface area contributed by atoms with Crippen LogP contribution in [0.4, 0.5) is 4.39 Å². The lowest BCUT2D eigenvalue weighted by molar-refractivity contribution is -0.158. The van der Waals surface area contributed by atoms with Crippen molar-refractivity contribution >= 4 is 137 Å². The van der Waals surface area contributed by atoms with E-state index in [-0.39, 0.29) is 71.6 Å². The van der Waals surface area contributed by atoms with Crippen LogP contribution in [-0.4, -0.2) is 143 Å². The van der Waals surface area contributed by atoms with Crippen molar-refractivity contribution in [3.63, 3.8) is 0 Å². The third-order valence-corrected chi connectivity index (χ3v) is 24.3. The monoisotopic (exact) mass is 1750 g/mol. The van der Waals surface area contributed by atoms with Crippen molar-refractivity contribution in [2.24, 2.45) is 0 Å². The van der Waals surface area contributed by atoms with Crippen LogP contribution in [0.1, 0.15) is 134 Å². The fourth-order valence-corrected chi connectivity index (χ4v) is 18.1. The molecular weight excluding hydrogens is 1670 g/mol. The third kappa shape index (κ3) is 18.3. The third-order valence-electron chi connectivity index (χ3n) is 23.1. The van der Waals surface area contributed by atoms with Crippen LogP contribution in [0, 0.1) is 5.82 Å². The SMILES string of the molecule is COC(=O)CCC(=O)N1CCc2c([nH]c3ccc(Cl)cc23)C1c1ccc(OC)cc1.COc1ccc(C2c3[nH]c4ccc(Cl)cc4c3CCN2C(=O)C(C)OC(C)=O)cc1.COc1ccc(C2c3[nH]c4ccc(Cl)cc4c3CCN2C(=O)Cc2ccccc2)cc1.COc1ccc(C2c3[nH]c4ccc(Cl)cc4c3CCN2C(=O)c2ccc(F)c(Cl)c2)cc1. The highest BCUT2D eigenvalue weighted by Gasteiger charge is 2.41. The average Bonchev–Trinajstić information content (AvgIpc) is 1.64. The van der Waals surface area contributed by atoms with Crippen LogP contribution >= 0.6 is 58.0 Å². The molecule has 26 heteroatoms. The Labute approximate surface area is 734 Å². The Bertz CT molecular complexity index is 6280. The molecule has 4 N–H and O–H groups in total. The molecule has 5 atom stereocenters. The molecule has 18 rings (SSSR count). The number of amides is 4. The minimum absolute atomic E-state index is 0.0658. The van der Waals surface area contributed by atoms with Gasteiger partial charge < -0.3 is 68.0 Å². The summed E-state index contributed by atoms with van der Waals surface area (Å²) in [6, 6.07) is 67.0. The van der Waals surface area contributed by atoms with Gasteiger partial charge >= 0.3 is 11.9 Å². The molecule has 10 aromatic carbocycles. The molecule has 0 saturated heterocycles. The molecule has 4 aliphatic heterocycles. The predicted octanol–water partition coefficient (Wildman–Crippen LogP) is 20.5. The molecule has 14 aromatic rings. The number of rotatable bonds is 16. The van der Waals surface area contributed by atoms with Crippen LogP contribution in [0.3, 0.4) is 0 Å². The molecule has 123 heavy (non-hydrogen) atoms. The van der Waals surface area contributed by atoms with Gasteiger partial charge in [-0.2, -0.15) is 0 Å². The lowest BCUT2D eigenvalue weighted by Crippen LogP contribution is -2.45. The van der Waals surface area contributed by atoms with E-state index in [9.17, 15) is 33.2 Å². The molecular formula is C97H88Cl5FN8O12. The van der Waals surface area contributed by atoms with E-state index >= 15 is 0 Å². The molecule has 4 aliphatic rings. The first-order chi connectivity index (χ1) is 59.5. The van der Waals surface area contributed by atoms with E-state index in [1.54, 1.807) is 45.2 Å². The largest absolute Gasteiger partial charge is 0.497 e. The van der Waals surface area contributed by atoms with E-state index in [2.05, 4.69) is 19.9 Å². The van der Waals surface area contributed by atoms with E-state index < -0.39 is 17.9 Å². The molecule has 5 unspecified atom stereocenters. The molecule has 0 saturated carbocycles. The summed E-state index contributed by atoms with van der Waals surface area (Å²) in [7, 11) is 7.84. The Balaban J connectivity index is 0.000000127. The van der Waals surface area contributed by atoms with E-state index in [0.29, 0.717) is 72.5 Å². The Hall–Kier alpha value is -12.2. The molecule has 0 spiro atoms. The topological polar surface area (TPSA) is 234 Å². The number of esters is 2. The minimum atomic E-state index is -0.858. The van der Waals surface area contributed by atoms with Crippen molar-refractivity contribution in [2.75, 3.05) is 61.7 Å². The first-order valence-electron chi connectivity index (χ1n) is 40.2. The molecule has 630 valence electrons. The second-order valence-electron chi connectivity index (χ2n) is 30.4. The Morgan fingerprint density at radius 3 is 1.10 bits per heavy atom. The smallest absolute Gasteiger partial charge is 0.306 e. The number of carbonyl (C=O) groups excluding carboxylic acids is 6. The number of benzene rings is 10. The molecule has 0 aliphatic carbocycles. The maximum absolute atomic E-state index is 13.7. The van der Waals surface area contributed by atoms with Crippen molar-refractivity contribution in [3.05, 3.63) is 328 Å². The highest BCUT2D eigenvalue weighted by atomic mass is 35.5. The summed E-state index contributed by atoms with van der Waals surface area (Å²) in [4.78, 5) is 97.6. The summed E-state index contributed by atoms with van der Waals surface area (Å²) in [5.74, 6) is 1.20. The van der Waals surface area contributed by atoms with Gasteiger partial charge in [-0.1, -0.05) is 137 Å². The van der Waals surface area contributed by atoms with E-state index in [0.717, 1.165) is 140 Å². The number of nitrogens with one attached hydrogen (secondary N) is 4. The lowest BCUT2D eigenvalue weighted by Gasteiger charge is -2.37. The standard InChI is InChI=1S/C26H23ClN2O2.C25H19Cl2FN2O2.2C23H23ClN2O4/c1-31-20-10-7-18(8-11-20)26-25-21(22-16-19(27)9-12-23(22)28-25)13-14-29(26)24(30)15-17-5-3-2-4-6-17;1-32-17-6-2-14(3-7-17)24-23-18(19-13-16(26)5-9-22(19)29-23)10-11-30(24)25(31)15-4-8-21(28)20(27)12-15;1-13(30-14(2)27)23(28)26-11-10-18-19-12-16(24)6-9-20(19)25-21(18)22(26)15-4-7-17(29-3)8-5-15;1-29-16-6-3-14(4-7-16)23-22-17(18-13-15(24)5-8-19(18)25-22)11-12-26(23)20(27)9-10-21(28)30-2/h2-12,16,26,28H,13-15H2,1H3;2-9,12-13,24,29H,10-11H2,1H3;4-9,12-13,22,25H,10-11H2,1-3H3;3-8,13,23,25H,9-12H2,1-2H3. The number of ether oxygens (including phenoxy) is 6. The van der Waals surface area contributed by atoms with E-state index in [4.69, 9.17) is 86.4 Å². The van der Waals surface area contributed by atoms with Gasteiger partial charge in [-0.15, -0.1) is 0 Å². The van der Waals surface area contributed by atoms with Gasteiger partial charge in [-0.3, -0.25) is 28.8 Å². The zero-order chi connectivity index (χ0) is 86.4. The fourth-order valence-electron chi connectivity index (χ4n) is 17.2. The van der Waals surface area contributed by atoms with E-state index in [1.807, 2.05) is 210 Å².